The molecular formula is C17H15FN2O. The molecule has 1 aliphatic rings. The zero-order valence-corrected chi connectivity index (χ0v) is 11.7. The number of nitrogens with zero attached hydrogens (tertiary/aromatic N) is 2. The minimum atomic E-state index is -0.315. The number of likely N-dealkylation sites (N-methyl/N-ethyl adjacent to an activating group) is 1. The third-order valence-corrected chi connectivity index (χ3v) is 3.78. The summed E-state index contributed by atoms with van der Waals surface area (Å²) in [5, 5.41) is 0. The van der Waals surface area contributed by atoms with E-state index in [2.05, 4.69) is 4.98 Å². The van der Waals surface area contributed by atoms with Crippen molar-refractivity contribution in [2.24, 2.45) is 0 Å². The van der Waals surface area contributed by atoms with Gasteiger partial charge in [-0.15, -0.1) is 0 Å². The fraction of sp³-hybridized carbons (Fsp3) is 0.176. The van der Waals surface area contributed by atoms with Crippen LogP contribution in [0.5, 0.6) is 0 Å². The molecule has 106 valence electrons. The standard InChI is InChI=1S/C17H15FN2O/c1-20-16(13-6-4-8-19-11-13)10-14(17(20)21)9-12-5-2-3-7-15(12)18/h2-9,11,16H,10H2,1H3/b14-9-/t16-/m0/s1. The average Bonchev–Trinajstić information content (AvgIpc) is 2.79. The van der Waals surface area contributed by atoms with Crippen molar-refractivity contribution in [2.45, 2.75) is 12.5 Å². The van der Waals surface area contributed by atoms with Gasteiger partial charge in [-0.05, 0) is 23.8 Å². The first kappa shape index (κ1) is 13.5. The third kappa shape index (κ3) is 2.57. The topological polar surface area (TPSA) is 33.2 Å². The summed E-state index contributed by atoms with van der Waals surface area (Å²) < 4.78 is 13.7. The number of carbonyl (C=O) groups excluding carboxylic acids is 1. The molecule has 0 saturated carbocycles. The van der Waals surface area contributed by atoms with Gasteiger partial charge in [0.05, 0.1) is 6.04 Å². The van der Waals surface area contributed by atoms with Crippen LogP contribution in [0, 0.1) is 5.82 Å². The lowest BCUT2D eigenvalue weighted by Crippen LogP contribution is -2.22. The van der Waals surface area contributed by atoms with Gasteiger partial charge in [-0.1, -0.05) is 24.3 Å². The van der Waals surface area contributed by atoms with Crippen LogP contribution in [-0.4, -0.2) is 22.8 Å². The molecular weight excluding hydrogens is 267 g/mol. The first-order valence-electron chi connectivity index (χ1n) is 6.79. The van der Waals surface area contributed by atoms with E-state index in [9.17, 15) is 9.18 Å². The van der Waals surface area contributed by atoms with Gasteiger partial charge in [-0.25, -0.2) is 4.39 Å². The highest BCUT2D eigenvalue weighted by Gasteiger charge is 2.33. The molecule has 1 saturated heterocycles. The molecule has 1 atom stereocenters. The van der Waals surface area contributed by atoms with Crippen LogP contribution >= 0.6 is 0 Å². The highest BCUT2D eigenvalue weighted by molar-refractivity contribution is 6.00. The second kappa shape index (κ2) is 5.48. The Morgan fingerprint density at radius 2 is 2.10 bits per heavy atom. The number of amides is 1. The van der Waals surface area contributed by atoms with E-state index in [0.717, 1.165) is 5.56 Å². The van der Waals surface area contributed by atoms with E-state index in [1.54, 1.807) is 48.6 Å². The first-order chi connectivity index (χ1) is 10.2. The molecule has 21 heavy (non-hydrogen) atoms. The van der Waals surface area contributed by atoms with E-state index in [0.29, 0.717) is 17.6 Å². The predicted octanol–water partition coefficient (Wildman–Crippen LogP) is 3.21. The third-order valence-electron chi connectivity index (χ3n) is 3.78. The SMILES string of the molecule is CN1C(=O)/C(=C\c2ccccc2F)C[C@H]1c1cccnc1. The number of hydrogen-bond donors (Lipinski definition) is 0. The molecule has 2 aromatic rings. The van der Waals surface area contributed by atoms with Crippen LogP contribution in [0.15, 0.2) is 54.4 Å². The Kier molecular flexibility index (Phi) is 3.52. The summed E-state index contributed by atoms with van der Waals surface area (Å²) in [5.41, 5.74) is 2.06. The van der Waals surface area contributed by atoms with Crippen LogP contribution in [0.3, 0.4) is 0 Å². The second-order valence-corrected chi connectivity index (χ2v) is 5.11. The van der Waals surface area contributed by atoms with Gasteiger partial charge in [-0.2, -0.15) is 0 Å². The summed E-state index contributed by atoms with van der Waals surface area (Å²) in [6, 6.07) is 10.2. The fourth-order valence-corrected chi connectivity index (χ4v) is 2.62. The van der Waals surface area contributed by atoms with Gasteiger partial charge < -0.3 is 4.90 Å². The minimum absolute atomic E-state index is 0.0378. The predicted molar refractivity (Wildman–Crippen MR) is 78.7 cm³/mol. The molecule has 0 aliphatic carbocycles. The van der Waals surface area contributed by atoms with Crippen molar-refractivity contribution in [3.8, 4) is 0 Å². The first-order valence-corrected chi connectivity index (χ1v) is 6.79. The van der Waals surface area contributed by atoms with Crippen molar-refractivity contribution in [1.82, 2.24) is 9.88 Å². The van der Waals surface area contributed by atoms with Crippen molar-refractivity contribution in [2.75, 3.05) is 7.05 Å². The van der Waals surface area contributed by atoms with Crippen LogP contribution in [-0.2, 0) is 4.79 Å². The molecule has 0 bridgehead atoms. The van der Waals surface area contributed by atoms with Crippen molar-refractivity contribution >= 4 is 12.0 Å². The summed E-state index contributed by atoms with van der Waals surface area (Å²) in [6.07, 6.45) is 5.68. The lowest BCUT2D eigenvalue weighted by atomic mass is 10.0. The molecule has 1 amide bonds. The Labute approximate surface area is 122 Å². The number of halogens is 1. The number of rotatable bonds is 2. The Morgan fingerprint density at radius 3 is 2.81 bits per heavy atom. The monoisotopic (exact) mass is 282 g/mol. The Balaban J connectivity index is 1.93. The van der Waals surface area contributed by atoms with E-state index in [-0.39, 0.29) is 17.8 Å². The summed E-state index contributed by atoms with van der Waals surface area (Å²) >= 11 is 0. The molecule has 3 rings (SSSR count). The molecule has 1 aliphatic heterocycles. The lowest BCUT2D eigenvalue weighted by Gasteiger charge is -2.18. The molecule has 1 aromatic heterocycles. The summed E-state index contributed by atoms with van der Waals surface area (Å²) in [7, 11) is 1.77. The molecule has 0 unspecified atom stereocenters. The van der Waals surface area contributed by atoms with E-state index in [1.807, 2.05) is 12.1 Å². The normalized spacial score (nSPS) is 20.3. The van der Waals surface area contributed by atoms with Crippen LogP contribution in [0.4, 0.5) is 4.39 Å². The van der Waals surface area contributed by atoms with Gasteiger partial charge in [0.1, 0.15) is 5.82 Å². The zero-order valence-electron chi connectivity index (χ0n) is 11.7. The van der Waals surface area contributed by atoms with Crippen LogP contribution < -0.4 is 0 Å². The zero-order chi connectivity index (χ0) is 14.8. The average molecular weight is 282 g/mol. The van der Waals surface area contributed by atoms with Crippen LogP contribution in [0.25, 0.3) is 6.08 Å². The van der Waals surface area contributed by atoms with Crippen molar-refractivity contribution in [3.63, 3.8) is 0 Å². The molecule has 3 nitrogen and oxygen atoms in total. The van der Waals surface area contributed by atoms with Crippen LogP contribution in [0.1, 0.15) is 23.6 Å². The number of benzene rings is 1. The molecule has 2 heterocycles. The highest BCUT2D eigenvalue weighted by atomic mass is 19.1. The number of hydrogen-bond acceptors (Lipinski definition) is 2. The lowest BCUT2D eigenvalue weighted by molar-refractivity contribution is -0.124. The molecule has 0 N–H and O–H groups in total. The van der Waals surface area contributed by atoms with Gasteiger partial charge in [0.25, 0.3) is 0 Å². The number of pyridine rings is 1. The smallest absolute Gasteiger partial charge is 0.250 e. The summed E-state index contributed by atoms with van der Waals surface area (Å²) in [5.74, 6) is -0.377. The molecule has 0 spiro atoms. The number of likely N-dealkylation sites (tertiary alicyclic amines) is 1. The highest BCUT2D eigenvalue weighted by Crippen LogP contribution is 2.35. The summed E-state index contributed by atoms with van der Waals surface area (Å²) in [4.78, 5) is 18.1. The van der Waals surface area contributed by atoms with Crippen molar-refractivity contribution < 1.29 is 9.18 Å². The van der Waals surface area contributed by atoms with E-state index in [4.69, 9.17) is 0 Å². The molecule has 1 fully saturated rings. The van der Waals surface area contributed by atoms with E-state index >= 15 is 0 Å². The largest absolute Gasteiger partial charge is 0.335 e. The maximum Gasteiger partial charge on any atom is 0.250 e. The van der Waals surface area contributed by atoms with E-state index in [1.165, 1.54) is 6.07 Å². The Morgan fingerprint density at radius 1 is 1.29 bits per heavy atom. The number of carbonyl (C=O) groups is 1. The van der Waals surface area contributed by atoms with Gasteiger partial charge in [0.15, 0.2) is 0 Å². The second-order valence-electron chi connectivity index (χ2n) is 5.11. The summed E-state index contributed by atoms with van der Waals surface area (Å²) in [6.45, 7) is 0. The maximum absolute atomic E-state index is 13.7. The Hall–Kier alpha value is -2.49. The van der Waals surface area contributed by atoms with E-state index < -0.39 is 0 Å². The van der Waals surface area contributed by atoms with Crippen molar-refractivity contribution in [3.05, 3.63) is 71.3 Å². The minimum Gasteiger partial charge on any atom is -0.335 e. The fourth-order valence-electron chi connectivity index (χ4n) is 2.62. The van der Waals surface area contributed by atoms with Gasteiger partial charge in [-0.3, -0.25) is 9.78 Å². The molecule has 0 radical (unpaired) electrons. The van der Waals surface area contributed by atoms with Gasteiger partial charge >= 0.3 is 0 Å². The molecule has 1 aromatic carbocycles. The Bertz CT molecular complexity index is 697. The quantitative estimate of drug-likeness (QED) is 0.792. The van der Waals surface area contributed by atoms with Crippen molar-refractivity contribution in [1.29, 1.82) is 0 Å². The maximum atomic E-state index is 13.7. The van der Waals surface area contributed by atoms with Gasteiger partial charge in [0, 0.05) is 37.0 Å². The number of aromatic nitrogens is 1. The van der Waals surface area contributed by atoms with Gasteiger partial charge in [0.2, 0.25) is 5.91 Å². The van der Waals surface area contributed by atoms with Crippen LogP contribution in [0.2, 0.25) is 0 Å². The molecule has 4 heteroatoms.